The van der Waals surface area contributed by atoms with Crippen LogP contribution in [0.5, 0.6) is 0 Å². The van der Waals surface area contributed by atoms with Crippen molar-refractivity contribution in [2.75, 3.05) is 13.2 Å². The van der Waals surface area contributed by atoms with Gasteiger partial charge in [-0.1, -0.05) is 30.3 Å². The maximum absolute atomic E-state index is 9.59. The van der Waals surface area contributed by atoms with E-state index in [2.05, 4.69) is 17.4 Å². The van der Waals surface area contributed by atoms with Gasteiger partial charge in [0.05, 0.1) is 12.2 Å². The van der Waals surface area contributed by atoms with Gasteiger partial charge >= 0.3 is 0 Å². The maximum atomic E-state index is 9.59. The Balaban J connectivity index is 2.34. The summed E-state index contributed by atoms with van der Waals surface area (Å²) in [5.74, 6) is 0. The molecule has 0 radical (unpaired) electrons. The van der Waals surface area contributed by atoms with Crippen LogP contribution < -0.4 is 5.32 Å². The number of hydrogen-bond acceptors (Lipinski definition) is 3. The normalized spacial score (nSPS) is 13.6. The van der Waals surface area contributed by atoms with E-state index in [-0.39, 0.29) is 12.6 Å². The zero-order valence-electron chi connectivity index (χ0n) is 10.7. The molecule has 0 amide bonds. The SMILES string of the molecule is CC(C)(O)CCNC(CO)Cc1ccccc1. The Morgan fingerprint density at radius 3 is 2.41 bits per heavy atom. The molecule has 1 aromatic carbocycles. The molecule has 3 N–H and O–H groups in total. The second kappa shape index (κ2) is 6.74. The van der Waals surface area contributed by atoms with Gasteiger partial charge in [0.15, 0.2) is 0 Å². The summed E-state index contributed by atoms with van der Waals surface area (Å²) in [4.78, 5) is 0. The van der Waals surface area contributed by atoms with Crippen molar-refractivity contribution in [1.82, 2.24) is 5.32 Å². The fourth-order valence-electron chi connectivity index (χ4n) is 1.68. The van der Waals surface area contributed by atoms with Crippen LogP contribution in [0.1, 0.15) is 25.8 Å². The molecule has 3 heteroatoms. The fourth-order valence-corrected chi connectivity index (χ4v) is 1.68. The third-order valence-corrected chi connectivity index (χ3v) is 2.72. The first kappa shape index (κ1) is 14.2. The molecule has 3 nitrogen and oxygen atoms in total. The Labute approximate surface area is 103 Å². The van der Waals surface area contributed by atoms with Crippen molar-refractivity contribution in [3.05, 3.63) is 35.9 Å². The molecule has 1 aromatic rings. The molecule has 0 saturated heterocycles. The first-order chi connectivity index (χ1) is 8.01. The highest BCUT2D eigenvalue weighted by atomic mass is 16.3. The Morgan fingerprint density at radius 1 is 1.24 bits per heavy atom. The van der Waals surface area contributed by atoms with E-state index in [9.17, 15) is 10.2 Å². The molecule has 0 fully saturated rings. The van der Waals surface area contributed by atoms with Crippen molar-refractivity contribution in [2.24, 2.45) is 0 Å². The molecule has 0 aliphatic rings. The summed E-state index contributed by atoms with van der Waals surface area (Å²) in [6, 6.07) is 10.2. The van der Waals surface area contributed by atoms with E-state index in [1.54, 1.807) is 13.8 Å². The molecular weight excluding hydrogens is 214 g/mol. The van der Waals surface area contributed by atoms with Crippen molar-refractivity contribution in [1.29, 1.82) is 0 Å². The zero-order chi connectivity index (χ0) is 12.7. The summed E-state index contributed by atoms with van der Waals surface area (Å²) < 4.78 is 0. The summed E-state index contributed by atoms with van der Waals surface area (Å²) in [6.45, 7) is 4.40. The zero-order valence-corrected chi connectivity index (χ0v) is 10.7. The Hall–Kier alpha value is -0.900. The van der Waals surface area contributed by atoms with Crippen molar-refractivity contribution in [3.8, 4) is 0 Å². The van der Waals surface area contributed by atoms with Crippen LogP contribution in [-0.4, -0.2) is 35.0 Å². The van der Waals surface area contributed by atoms with E-state index in [4.69, 9.17) is 0 Å². The second-order valence-electron chi connectivity index (χ2n) is 5.09. The number of aliphatic hydroxyl groups excluding tert-OH is 1. The number of rotatable bonds is 7. The molecule has 0 bridgehead atoms. The van der Waals surface area contributed by atoms with E-state index in [1.807, 2.05) is 18.2 Å². The molecule has 0 heterocycles. The Morgan fingerprint density at radius 2 is 1.88 bits per heavy atom. The first-order valence-electron chi connectivity index (χ1n) is 6.12. The van der Waals surface area contributed by atoms with Gasteiger partial charge in [-0.05, 0) is 38.8 Å². The molecule has 1 unspecified atom stereocenters. The summed E-state index contributed by atoms with van der Waals surface area (Å²) >= 11 is 0. The van der Waals surface area contributed by atoms with E-state index in [0.717, 1.165) is 6.42 Å². The molecule has 1 atom stereocenters. The second-order valence-corrected chi connectivity index (χ2v) is 5.09. The standard InChI is InChI=1S/C14H23NO2/c1-14(2,17)8-9-15-13(11-16)10-12-6-4-3-5-7-12/h3-7,13,15-17H,8-11H2,1-2H3. The van der Waals surface area contributed by atoms with E-state index in [1.165, 1.54) is 5.56 Å². The summed E-state index contributed by atoms with van der Waals surface area (Å²) in [5, 5.41) is 22.1. The number of hydrogen-bond donors (Lipinski definition) is 3. The van der Waals surface area contributed by atoms with Crippen LogP contribution in [0.3, 0.4) is 0 Å². The van der Waals surface area contributed by atoms with Gasteiger partial charge in [-0.15, -0.1) is 0 Å². The third-order valence-electron chi connectivity index (χ3n) is 2.72. The van der Waals surface area contributed by atoms with Crippen LogP contribution in [-0.2, 0) is 6.42 Å². The van der Waals surface area contributed by atoms with Crippen LogP contribution in [0.25, 0.3) is 0 Å². The summed E-state index contributed by atoms with van der Waals surface area (Å²) in [7, 11) is 0. The van der Waals surface area contributed by atoms with Crippen molar-refractivity contribution >= 4 is 0 Å². The predicted octanol–water partition coefficient (Wildman–Crippen LogP) is 1.34. The average Bonchev–Trinajstić information content (AvgIpc) is 2.27. The molecule has 0 saturated carbocycles. The number of nitrogens with one attached hydrogen (secondary N) is 1. The van der Waals surface area contributed by atoms with Crippen molar-refractivity contribution in [3.63, 3.8) is 0 Å². The lowest BCUT2D eigenvalue weighted by Crippen LogP contribution is -2.37. The molecule has 17 heavy (non-hydrogen) atoms. The maximum Gasteiger partial charge on any atom is 0.0603 e. The van der Waals surface area contributed by atoms with E-state index < -0.39 is 5.60 Å². The molecular formula is C14H23NO2. The van der Waals surface area contributed by atoms with Crippen LogP contribution in [0.2, 0.25) is 0 Å². The molecule has 0 aliphatic heterocycles. The largest absolute Gasteiger partial charge is 0.395 e. The summed E-state index contributed by atoms with van der Waals surface area (Å²) in [6.07, 6.45) is 1.49. The minimum atomic E-state index is -0.653. The van der Waals surface area contributed by atoms with Crippen LogP contribution >= 0.6 is 0 Å². The van der Waals surface area contributed by atoms with E-state index in [0.29, 0.717) is 13.0 Å². The van der Waals surface area contributed by atoms with Gasteiger partial charge in [0.1, 0.15) is 0 Å². The minimum absolute atomic E-state index is 0.0553. The minimum Gasteiger partial charge on any atom is -0.395 e. The smallest absolute Gasteiger partial charge is 0.0603 e. The van der Waals surface area contributed by atoms with Crippen molar-refractivity contribution in [2.45, 2.75) is 38.3 Å². The summed E-state index contributed by atoms with van der Waals surface area (Å²) in [5.41, 5.74) is 0.557. The van der Waals surface area contributed by atoms with Gasteiger partial charge in [-0.25, -0.2) is 0 Å². The van der Waals surface area contributed by atoms with Crippen LogP contribution in [0, 0.1) is 0 Å². The highest BCUT2D eigenvalue weighted by Gasteiger charge is 2.13. The fraction of sp³-hybridized carbons (Fsp3) is 0.571. The third kappa shape index (κ3) is 6.41. The topological polar surface area (TPSA) is 52.5 Å². The van der Waals surface area contributed by atoms with Gasteiger partial charge in [0.25, 0.3) is 0 Å². The van der Waals surface area contributed by atoms with Gasteiger partial charge in [-0.2, -0.15) is 0 Å². The Bertz CT molecular complexity index is 306. The molecule has 0 aromatic heterocycles. The lowest BCUT2D eigenvalue weighted by molar-refractivity contribution is 0.0694. The van der Waals surface area contributed by atoms with Gasteiger partial charge < -0.3 is 15.5 Å². The highest BCUT2D eigenvalue weighted by molar-refractivity contribution is 5.15. The average molecular weight is 237 g/mol. The highest BCUT2D eigenvalue weighted by Crippen LogP contribution is 2.07. The van der Waals surface area contributed by atoms with Gasteiger partial charge in [0, 0.05) is 6.04 Å². The molecule has 0 spiro atoms. The number of aliphatic hydroxyl groups is 2. The Kier molecular flexibility index (Phi) is 5.62. The van der Waals surface area contributed by atoms with Gasteiger partial charge in [-0.3, -0.25) is 0 Å². The predicted molar refractivity (Wildman–Crippen MR) is 69.9 cm³/mol. The van der Waals surface area contributed by atoms with Crippen molar-refractivity contribution < 1.29 is 10.2 Å². The first-order valence-corrected chi connectivity index (χ1v) is 6.12. The molecule has 1 rings (SSSR count). The lowest BCUT2D eigenvalue weighted by atomic mass is 10.0. The van der Waals surface area contributed by atoms with Gasteiger partial charge in [0.2, 0.25) is 0 Å². The van der Waals surface area contributed by atoms with Crippen LogP contribution in [0.15, 0.2) is 30.3 Å². The van der Waals surface area contributed by atoms with Crippen LogP contribution in [0.4, 0.5) is 0 Å². The number of benzene rings is 1. The molecule has 0 aliphatic carbocycles. The monoisotopic (exact) mass is 237 g/mol. The quantitative estimate of drug-likeness (QED) is 0.671. The lowest BCUT2D eigenvalue weighted by Gasteiger charge is -2.21. The van der Waals surface area contributed by atoms with E-state index >= 15 is 0 Å². The molecule has 96 valence electrons.